The molecule has 3 aromatic rings. The Morgan fingerprint density at radius 1 is 1.03 bits per heavy atom. The molecule has 1 aliphatic rings. The van der Waals surface area contributed by atoms with Gasteiger partial charge in [0.25, 0.3) is 0 Å². The van der Waals surface area contributed by atoms with Crippen LogP contribution in [0.5, 0.6) is 0 Å². The molecule has 0 amide bonds. The van der Waals surface area contributed by atoms with Crippen LogP contribution in [0.1, 0.15) is 36.6 Å². The van der Waals surface area contributed by atoms with E-state index in [9.17, 15) is 4.79 Å². The molecule has 29 heavy (non-hydrogen) atoms. The monoisotopic (exact) mass is 391 g/mol. The maximum Gasteiger partial charge on any atom is 0.316 e. The first-order valence-electron chi connectivity index (χ1n) is 9.91. The van der Waals surface area contributed by atoms with E-state index in [1.54, 1.807) is 7.11 Å². The molecule has 2 aromatic carbocycles. The van der Waals surface area contributed by atoms with E-state index in [2.05, 4.69) is 29.4 Å². The predicted octanol–water partition coefficient (Wildman–Crippen LogP) is 5.06. The first kappa shape index (κ1) is 19.4. The highest BCUT2D eigenvalue weighted by molar-refractivity contribution is 5.87. The second-order valence-corrected chi connectivity index (χ2v) is 7.47. The molecular weight excluding hydrogens is 366 g/mol. The molecular formula is C24H25NO4. The Morgan fingerprint density at radius 2 is 1.62 bits per heavy atom. The minimum Gasteiger partial charge on any atom is -0.465 e. The van der Waals surface area contributed by atoms with Crippen LogP contribution in [0.2, 0.25) is 0 Å². The van der Waals surface area contributed by atoms with Gasteiger partial charge in [0.15, 0.2) is 5.76 Å². The molecule has 1 aromatic heterocycles. The Kier molecular flexibility index (Phi) is 5.24. The number of benzene rings is 2. The summed E-state index contributed by atoms with van der Waals surface area (Å²) in [6.07, 6.45) is 1.72. The van der Waals surface area contributed by atoms with Crippen molar-refractivity contribution < 1.29 is 18.8 Å². The van der Waals surface area contributed by atoms with Gasteiger partial charge in [0.05, 0.1) is 24.3 Å². The number of aryl methyl sites for hydroxylation is 1. The van der Waals surface area contributed by atoms with E-state index in [0.717, 1.165) is 52.1 Å². The fourth-order valence-corrected chi connectivity index (χ4v) is 3.73. The molecule has 0 unspecified atom stereocenters. The Morgan fingerprint density at radius 3 is 2.17 bits per heavy atom. The number of hydrogen-bond donors (Lipinski definition) is 0. The molecule has 0 bridgehead atoms. The van der Waals surface area contributed by atoms with Crippen LogP contribution < -0.4 is 0 Å². The number of carbonyl (C=O) groups is 1. The van der Waals surface area contributed by atoms with Crippen LogP contribution in [0.25, 0.3) is 22.5 Å². The number of esters is 1. The normalized spacial score (nSPS) is 14.6. The highest BCUT2D eigenvalue weighted by atomic mass is 16.5. The highest BCUT2D eigenvalue weighted by Crippen LogP contribution is 2.49. The number of rotatable bonds is 7. The lowest BCUT2D eigenvalue weighted by Gasteiger charge is -2.14. The van der Waals surface area contributed by atoms with E-state index in [4.69, 9.17) is 14.0 Å². The van der Waals surface area contributed by atoms with Gasteiger partial charge in [0.1, 0.15) is 0 Å². The second kappa shape index (κ2) is 7.84. The lowest BCUT2D eigenvalue weighted by molar-refractivity contribution is -0.146. The van der Waals surface area contributed by atoms with Crippen molar-refractivity contribution in [1.82, 2.24) is 5.16 Å². The molecule has 5 nitrogen and oxygen atoms in total. The molecule has 0 atom stereocenters. The zero-order chi connectivity index (χ0) is 20.4. The number of hydrogen-bond acceptors (Lipinski definition) is 5. The van der Waals surface area contributed by atoms with Crippen LogP contribution in [0.3, 0.4) is 0 Å². The van der Waals surface area contributed by atoms with Gasteiger partial charge in [-0.25, -0.2) is 0 Å². The number of methoxy groups -OCH3 is 1. The van der Waals surface area contributed by atoms with Crippen LogP contribution in [0.15, 0.2) is 53.1 Å². The molecule has 5 heteroatoms. The number of aromatic nitrogens is 1. The summed E-state index contributed by atoms with van der Waals surface area (Å²) >= 11 is 0. The van der Waals surface area contributed by atoms with Gasteiger partial charge in [-0.1, -0.05) is 53.7 Å². The largest absolute Gasteiger partial charge is 0.465 e. The van der Waals surface area contributed by atoms with E-state index in [0.29, 0.717) is 13.2 Å². The number of carbonyl (C=O) groups excluding carboxylic acids is 1. The van der Waals surface area contributed by atoms with Crippen molar-refractivity contribution in [3.05, 3.63) is 65.4 Å². The molecule has 1 saturated carbocycles. The highest BCUT2D eigenvalue weighted by Gasteiger charge is 2.52. The Balaban J connectivity index is 1.55. The summed E-state index contributed by atoms with van der Waals surface area (Å²) in [4.78, 5) is 12.3. The molecule has 1 aliphatic carbocycles. The van der Waals surface area contributed by atoms with Crippen LogP contribution in [-0.2, 0) is 26.3 Å². The molecule has 0 spiro atoms. The standard InChI is InChI=1S/C24H25NO4/c1-4-28-23(26)24(13-14-24)20-11-9-18(10-12-20)17-5-7-19(8-6-17)22-21(15-27-3)16(2)25-29-22/h5-12H,4,13-15H2,1-3H3. The zero-order valence-corrected chi connectivity index (χ0v) is 17.0. The summed E-state index contributed by atoms with van der Waals surface area (Å²) in [5.74, 6) is 0.641. The van der Waals surface area contributed by atoms with Crippen LogP contribution in [0.4, 0.5) is 0 Å². The molecule has 1 heterocycles. The van der Waals surface area contributed by atoms with Crippen LogP contribution >= 0.6 is 0 Å². The molecule has 0 N–H and O–H groups in total. The van der Waals surface area contributed by atoms with Crippen molar-refractivity contribution in [3.63, 3.8) is 0 Å². The van der Waals surface area contributed by atoms with E-state index >= 15 is 0 Å². The lowest BCUT2D eigenvalue weighted by atomic mass is 9.93. The maximum absolute atomic E-state index is 12.3. The van der Waals surface area contributed by atoms with Gasteiger partial charge >= 0.3 is 5.97 Å². The summed E-state index contributed by atoms with van der Waals surface area (Å²) < 4.78 is 16.0. The van der Waals surface area contributed by atoms with Crippen molar-refractivity contribution >= 4 is 5.97 Å². The molecule has 4 rings (SSSR count). The summed E-state index contributed by atoms with van der Waals surface area (Å²) in [6.45, 7) is 4.65. The van der Waals surface area contributed by atoms with Crippen molar-refractivity contribution in [2.75, 3.05) is 13.7 Å². The predicted molar refractivity (Wildman–Crippen MR) is 110 cm³/mol. The molecule has 150 valence electrons. The average molecular weight is 391 g/mol. The smallest absolute Gasteiger partial charge is 0.316 e. The fourth-order valence-electron chi connectivity index (χ4n) is 3.73. The van der Waals surface area contributed by atoms with E-state index < -0.39 is 5.41 Å². The first-order valence-corrected chi connectivity index (χ1v) is 9.91. The maximum atomic E-state index is 12.3. The second-order valence-electron chi connectivity index (χ2n) is 7.47. The molecule has 0 saturated heterocycles. The third-order valence-electron chi connectivity index (χ3n) is 5.61. The van der Waals surface area contributed by atoms with Crippen molar-refractivity contribution in [3.8, 4) is 22.5 Å². The van der Waals surface area contributed by atoms with Gasteiger partial charge in [0.2, 0.25) is 0 Å². The van der Waals surface area contributed by atoms with Crippen molar-refractivity contribution in [2.24, 2.45) is 0 Å². The van der Waals surface area contributed by atoms with E-state index in [1.807, 2.05) is 38.1 Å². The number of ether oxygens (including phenoxy) is 2. The Hall–Kier alpha value is -2.92. The minimum absolute atomic E-state index is 0.105. The first-order chi connectivity index (χ1) is 14.1. The van der Waals surface area contributed by atoms with E-state index in [1.165, 1.54) is 0 Å². The summed E-state index contributed by atoms with van der Waals surface area (Å²) in [5.41, 5.74) is 5.60. The van der Waals surface area contributed by atoms with Gasteiger partial charge < -0.3 is 14.0 Å². The average Bonchev–Trinajstić information content (AvgIpc) is 3.49. The van der Waals surface area contributed by atoms with Gasteiger partial charge in [-0.2, -0.15) is 0 Å². The van der Waals surface area contributed by atoms with Crippen LogP contribution in [0, 0.1) is 6.92 Å². The third kappa shape index (κ3) is 3.58. The van der Waals surface area contributed by atoms with Gasteiger partial charge in [-0.05, 0) is 43.4 Å². The molecule has 1 fully saturated rings. The fraction of sp³-hybridized carbons (Fsp3) is 0.333. The minimum atomic E-state index is -0.430. The third-order valence-corrected chi connectivity index (χ3v) is 5.61. The Bertz CT molecular complexity index is 998. The van der Waals surface area contributed by atoms with Crippen molar-refractivity contribution in [2.45, 2.75) is 38.7 Å². The van der Waals surface area contributed by atoms with Gasteiger partial charge in [-0.3, -0.25) is 4.79 Å². The SMILES string of the molecule is CCOC(=O)C1(c2ccc(-c3ccc(-c4onc(C)c4COC)cc3)cc2)CC1. The summed E-state index contributed by atoms with van der Waals surface area (Å²) in [7, 11) is 1.66. The number of nitrogens with zero attached hydrogens (tertiary/aromatic N) is 1. The quantitative estimate of drug-likeness (QED) is 0.527. The summed E-state index contributed by atoms with van der Waals surface area (Å²) in [5, 5.41) is 4.07. The van der Waals surface area contributed by atoms with Gasteiger partial charge in [0, 0.05) is 18.2 Å². The lowest BCUT2D eigenvalue weighted by Crippen LogP contribution is -2.23. The van der Waals surface area contributed by atoms with E-state index in [-0.39, 0.29) is 5.97 Å². The summed E-state index contributed by atoms with van der Waals surface area (Å²) in [6, 6.07) is 16.4. The van der Waals surface area contributed by atoms with Gasteiger partial charge in [-0.15, -0.1) is 0 Å². The van der Waals surface area contributed by atoms with Crippen LogP contribution in [-0.4, -0.2) is 24.8 Å². The topological polar surface area (TPSA) is 61.6 Å². The molecule has 0 aliphatic heterocycles. The van der Waals surface area contributed by atoms with Crippen molar-refractivity contribution in [1.29, 1.82) is 0 Å². The Labute approximate surface area is 170 Å². The molecule has 0 radical (unpaired) electrons. The zero-order valence-electron chi connectivity index (χ0n) is 17.0.